The van der Waals surface area contributed by atoms with Crippen LogP contribution in [0.3, 0.4) is 0 Å². The van der Waals surface area contributed by atoms with E-state index in [-0.39, 0.29) is 12.1 Å². The highest BCUT2D eigenvalue weighted by molar-refractivity contribution is 6.76. The SMILES string of the molecule is CN(C(=O)OC(C)(C)C)[C@@H]1CCCN(c2ccnc3c2c(-c2cncnc2)cn3COCC[Si](C)(C)C)C1. The Morgan fingerprint density at radius 2 is 1.95 bits per heavy atom. The van der Waals surface area contributed by atoms with Crippen molar-refractivity contribution in [3.05, 3.63) is 37.2 Å². The fraction of sp³-hybridized carbons (Fsp3) is 0.571. The van der Waals surface area contributed by atoms with E-state index in [1.165, 1.54) is 0 Å². The van der Waals surface area contributed by atoms with E-state index >= 15 is 0 Å². The maximum atomic E-state index is 12.8. The van der Waals surface area contributed by atoms with E-state index in [0.29, 0.717) is 6.73 Å². The van der Waals surface area contributed by atoms with E-state index in [0.717, 1.165) is 66.4 Å². The Kier molecular flexibility index (Phi) is 8.42. The van der Waals surface area contributed by atoms with Crippen molar-refractivity contribution in [3.63, 3.8) is 0 Å². The Bertz CT molecular complexity index is 1240. The van der Waals surface area contributed by atoms with Gasteiger partial charge in [0.1, 0.15) is 24.3 Å². The van der Waals surface area contributed by atoms with Gasteiger partial charge in [0.25, 0.3) is 0 Å². The minimum Gasteiger partial charge on any atom is -0.444 e. The number of rotatable bonds is 8. The third-order valence-corrected chi connectivity index (χ3v) is 8.50. The molecule has 0 unspecified atom stereocenters. The van der Waals surface area contributed by atoms with Crippen molar-refractivity contribution in [3.8, 4) is 11.1 Å². The Balaban J connectivity index is 1.65. The molecule has 3 aromatic heterocycles. The van der Waals surface area contributed by atoms with Gasteiger partial charge in [-0.2, -0.15) is 0 Å². The first-order valence-corrected chi connectivity index (χ1v) is 17.2. The summed E-state index contributed by atoms with van der Waals surface area (Å²) in [6.07, 6.45) is 10.8. The van der Waals surface area contributed by atoms with E-state index in [9.17, 15) is 4.79 Å². The Labute approximate surface area is 227 Å². The monoisotopic (exact) mass is 538 g/mol. The van der Waals surface area contributed by atoms with Crippen molar-refractivity contribution in [1.82, 2.24) is 24.4 Å². The highest BCUT2D eigenvalue weighted by Gasteiger charge is 2.30. The molecule has 1 atom stereocenters. The zero-order chi connectivity index (χ0) is 27.5. The maximum absolute atomic E-state index is 12.8. The van der Waals surface area contributed by atoms with Crippen molar-refractivity contribution in [2.75, 3.05) is 31.6 Å². The lowest BCUT2D eigenvalue weighted by molar-refractivity contribution is 0.0210. The molecule has 3 aromatic rings. The van der Waals surface area contributed by atoms with Gasteiger partial charge < -0.3 is 23.8 Å². The first kappa shape index (κ1) is 28.0. The molecule has 1 saturated heterocycles. The number of likely N-dealkylation sites (N-methyl/N-ethyl adjacent to an activating group) is 1. The number of carbonyl (C=O) groups excluding carboxylic acids is 1. The molecule has 9 nitrogen and oxygen atoms in total. The molecule has 0 aliphatic carbocycles. The lowest BCUT2D eigenvalue weighted by Crippen LogP contribution is -2.49. The normalized spacial score (nSPS) is 16.6. The second-order valence-corrected chi connectivity index (χ2v) is 18.0. The molecule has 10 heteroatoms. The van der Waals surface area contributed by atoms with Gasteiger partial charge >= 0.3 is 6.09 Å². The molecule has 0 aromatic carbocycles. The molecule has 0 bridgehead atoms. The number of nitrogens with zero attached hydrogens (tertiary/aromatic N) is 6. The summed E-state index contributed by atoms with van der Waals surface area (Å²) in [7, 11) is 0.663. The van der Waals surface area contributed by atoms with E-state index in [1.807, 2.05) is 46.4 Å². The average Bonchev–Trinajstić information content (AvgIpc) is 3.24. The molecule has 1 aliphatic heterocycles. The summed E-state index contributed by atoms with van der Waals surface area (Å²) >= 11 is 0. The molecule has 38 heavy (non-hydrogen) atoms. The molecule has 1 aliphatic rings. The number of piperidine rings is 1. The summed E-state index contributed by atoms with van der Waals surface area (Å²) in [6, 6.07) is 3.24. The highest BCUT2D eigenvalue weighted by Crippen LogP contribution is 2.37. The van der Waals surface area contributed by atoms with Gasteiger partial charge in [-0.25, -0.2) is 19.7 Å². The number of ether oxygens (including phenoxy) is 2. The molecule has 1 amide bonds. The molecule has 1 fully saturated rings. The standard InChI is InChI=1S/C28H42N6O3Si/c1-28(2,3)37-27(35)32(4)22-9-8-12-33(17-22)24-10-11-31-26-25(24)23(21-15-29-19-30-16-21)18-34(26)20-36-13-14-38(5,6)7/h10-11,15-16,18-19,22H,8-9,12-14,17,20H2,1-7H3/t22-/m1/s1. The van der Waals surface area contributed by atoms with Gasteiger partial charge in [-0.05, 0) is 45.7 Å². The summed E-state index contributed by atoms with van der Waals surface area (Å²) < 4.78 is 13.8. The number of amides is 1. The van der Waals surface area contributed by atoms with Gasteiger partial charge in [0, 0.05) is 70.7 Å². The smallest absolute Gasteiger partial charge is 0.410 e. The summed E-state index contributed by atoms with van der Waals surface area (Å²) in [5, 5.41) is 1.05. The van der Waals surface area contributed by atoms with E-state index in [1.54, 1.807) is 11.2 Å². The summed E-state index contributed by atoms with van der Waals surface area (Å²) in [5.74, 6) is 0. The number of anilines is 1. The van der Waals surface area contributed by atoms with Gasteiger partial charge in [-0.3, -0.25) is 0 Å². The summed E-state index contributed by atoms with van der Waals surface area (Å²) in [4.78, 5) is 30.2. The average molecular weight is 539 g/mol. The molecular weight excluding hydrogens is 496 g/mol. The molecular formula is C28H42N6O3Si. The number of pyridine rings is 1. The van der Waals surface area contributed by atoms with Gasteiger partial charge in [0.2, 0.25) is 0 Å². The first-order valence-electron chi connectivity index (χ1n) is 13.4. The van der Waals surface area contributed by atoms with E-state index in [2.05, 4.69) is 51.3 Å². The van der Waals surface area contributed by atoms with Crippen LogP contribution in [0.1, 0.15) is 33.6 Å². The molecule has 0 radical (unpaired) electrons. The third kappa shape index (κ3) is 6.90. The van der Waals surface area contributed by atoms with Gasteiger partial charge in [-0.15, -0.1) is 0 Å². The maximum Gasteiger partial charge on any atom is 0.410 e. The summed E-state index contributed by atoms with van der Waals surface area (Å²) in [5.41, 5.74) is 3.41. The van der Waals surface area contributed by atoms with Crippen LogP contribution in [0.5, 0.6) is 0 Å². The Morgan fingerprint density at radius 3 is 2.63 bits per heavy atom. The first-order chi connectivity index (χ1) is 17.9. The number of hydrogen-bond donors (Lipinski definition) is 0. The molecule has 0 N–H and O–H groups in total. The van der Waals surface area contributed by atoms with Crippen LogP contribution < -0.4 is 4.90 Å². The van der Waals surface area contributed by atoms with Gasteiger partial charge in [0.15, 0.2) is 0 Å². The molecule has 206 valence electrons. The van der Waals surface area contributed by atoms with Crippen LogP contribution in [-0.4, -0.2) is 77.0 Å². The number of fused-ring (bicyclic) bond motifs is 1. The van der Waals surface area contributed by atoms with Crippen molar-refractivity contribution in [2.24, 2.45) is 0 Å². The molecule has 0 spiro atoms. The fourth-order valence-corrected chi connectivity index (χ4v) is 5.49. The van der Waals surface area contributed by atoms with Crippen molar-refractivity contribution in [2.45, 2.75) is 77.7 Å². The van der Waals surface area contributed by atoms with E-state index in [4.69, 9.17) is 14.5 Å². The molecule has 4 rings (SSSR count). The van der Waals surface area contributed by atoms with Crippen LogP contribution in [0.2, 0.25) is 25.7 Å². The van der Waals surface area contributed by atoms with Crippen LogP contribution >= 0.6 is 0 Å². The van der Waals surface area contributed by atoms with Crippen LogP contribution in [0.25, 0.3) is 22.2 Å². The van der Waals surface area contributed by atoms with Crippen LogP contribution in [-0.2, 0) is 16.2 Å². The van der Waals surface area contributed by atoms with E-state index < -0.39 is 13.7 Å². The van der Waals surface area contributed by atoms with Gasteiger partial charge in [-0.1, -0.05) is 19.6 Å². The fourth-order valence-electron chi connectivity index (χ4n) is 4.73. The Morgan fingerprint density at radius 1 is 1.21 bits per heavy atom. The predicted molar refractivity (Wildman–Crippen MR) is 154 cm³/mol. The number of hydrogen-bond acceptors (Lipinski definition) is 7. The molecule has 0 saturated carbocycles. The van der Waals surface area contributed by atoms with Crippen LogP contribution in [0.4, 0.5) is 10.5 Å². The van der Waals surface area contributed by atoms with Crippen molar-refractivity contribution < 1.29 is 14.3 Å². The number of carbonyl (C=O) groups is 1. The van der Waals surface area contributed by atoms with Crippen LogP contribution in [0.15, 0.2) is 37.2 Å². The zero-order valence-electron chi connectivity index (χ0n) is 23.9. The minimum absolute atomic E-state index is 0.0531. The van der Waals surface area contributed by atoms with Crippen molar-refractivity contribution in [1.29, 1.82) is 0 Å². The quantitative estimate of drug-likeness (QED) is 0.271. The largest absolute Gasteiger partial charge is 0.444 e. The van der Waals surface area contributed by atoms with Gasteiger partial charge in [0.05, 0.1) is 17.1 Å². The lowest BCUT2D eigenvalue weighted by Gasteiger charge is -2.39. The second-order valence-electron chi connectivity index (χ2n) is 12.3. The Hall–Kier alpha value is -2.98. The molecule has 4 heterocycles. The minimum atomic E-state index is -1.18. The number of aromatic nitrogens is 4. The summed E-state index contributed by atoms with van der Waals surface area (Å²) in [6.45, 7) is 15.6. The third-order valence-electron chi connectivity index (χ3n) is 6.80. The topological polar surface area (TPSA) is 85.6 Å². The lowest BCUT2D eigenvalue weighted by atomic mass is 10.0. The van der Waals surface area contributed by atoms with Crippen LogP contribution in [0, 0.1) is 0 Å². The zero-order valence-corrected chi connectivity index (χ0v) is 24.9. The highest BCUT2D eigenvalue weighted by atomic mass is 28.3. The predicted octanol–water partition coefficient (Wildman–Crippen LogP) is 5.64. The second kappa shape index (κ2) is 11.4. The van der Waals surface area contributed by atoms with Crippen molar-refractivity contribution >= 4 is 30.9 Å².